The molecule has 2 atom stereocenters. The van der Waals surface area contributed by atoms with Gasteiger partial charge in [0.2, 0.25) is 0 Å². The van der Waals surface area contributed by atoms with Crippen LogP contribution in [0.2, 0.25) is 0 Å². The number of hydrogen-bond acceptors (Lipinski definition) is 2. The van der Waals surface area contributed by atoms with Gasteiger partial charge in [-0.05, 0) is 52.6 Å². The average molecular weight is 238 g/mol. The quantitative estimate of drug-likeness (QED) is 0.550. The topological polar surface area (TPSA) is 44.9 Å². The molecule has 0 radical (unpaired) electrons. The van der Waals surface area contributed by atoms with Crippen molar-refractivity contribution < 1.29 is 0 Å². The predicted molar refractivity (Wildman–Crippen MR) is 72.1 cm³/mol. The maximum absolute atomic E-state index is 6.07. The molecule has 0 aromatic carbocycles. The molecule has 2 saturated heterocycles. The van der Waals surface area contributed by atoms with Gasteiger partial charge in [0.05, 0.1) is 0 Å². The van der Waals surface area contributed by atoms with Crippen molar-refractivity contribution in [3.05, 3.63) is 0 Å². The molecule has 2 aliphatic rings. The van der Waals surface area contributed by atoms with Crippen molar-refractivity contribution in [2.75, 3.05) is 26.7 Å². The SMILES string of the molecule is CC(C)N=C(N)N1CCC2C(CCCN2C)C1. The molecule has 0 saturated carbocycles. The molecule has 2 heterocycles. The van der Waals surface area contributed by atoms with Crippen molar-refractivity contribution >= 4 is 5.96 Å². The van der Waals surface area contributed by atoms with E-state index in [1.54, 1.807) is 0 Å². The van der Waals surface area contributed by atoms with Gasteiger partial charge in [0.15, 0.2) is 5.96 Å². The fraction of sp³-hybridized carbons (Fsp3) is 0.923. The number of nitrogens with two attached hydrogens (primary N) is 1. The predicted octanol–water partition coefficient (Wildman–Crippen LogP) is 1.13. The zero-order valence-corrected chi connectivity index (χ0v) is 11.4. The zero-order valence-electron chi connectivity index (χ0n) is 11.4. The van der Waals surface area contributed by atoms with Crippen LogP contribution in [0.15, 0.2) is 4.99 Å². The zero-order chi connectivity index (χ0) is 12.4. The van der Waals surface area contributed by atoms with E-state index in [0.717, 1.165) is 31.0 Å². The van der Waals surface area contributed by atoms with Gasteiger partial charge in [0.1, 0.15) is 0 Å². The highest BCUT2D eigenvalue weighted by molar-refractivity contribution is 5.78. The van der Waals surface area contributed by atoms with Gasteiger partial charge in [-0.25, -0.2) is 0 Å². The number of fused-ring (bicyclic) bond motifs is 1. The molecule has 0 aliphatic carbocycles. The van der Waals surface area contributed by atoms with Crippen LogP contribution < -0.4 is 5.73 Å². The summed E-state index contributed by atoms with van der Waals surface area (Å²) in [5, 5.41) is 0. The summed E-state index contributed by atoms with van der Waals surface area (Å²) in [5.74, 6) is 1.52. The monoisotopic (exact) mass is 238 g/mol. The molecule has 98 valence electrons. The summed E-state index contributed by atoms with van der Waals surface area (Å²) in [6.45, 7) is 7.57. The van der Waals surface area contributed by atoms with Crippen LogP contribution in [0.4, 0.5) is 0 Å². The summed E-state index contributed by atoms with van der Waals surface area (Å²) in [7, 11) is 2.26. The molecular formula is C13H26N4. The van der Waals surface area contributed by atoms with Crippen molar-refractivity contribution in [1.82, 2.24) is 9.80 Å². The first kappa shape index (κ1) is 12.7. The molecule has 0 bridgehead atoms. The Morgan fingerprint density at radius 2 is 2.06 bits per heavy atom. The second kappa shape index (κ2) is 5.25. The Kier molecular flexibility index (Phi) is 3.92. The third-order valence-electron chi connectivity index (χ3n) is 4.06. The minimum Gasteiger partial charge on any atom is -0.370 e. The summed E-state index contributed by atoms with van der Waals surface area (Å²) in [6, 6.07) is 1.06. The van der Waals surface area contributed by atoms with E-state index in [4.69, 9.17) is 5.73 Å². The van der Waals surface area contributed by atoms with E-state index in [9.17, 15) is 0 Å². The van der Waals surface area contributed by atoms with Gasteiger partial charge in [-0.15, -0.1) is 0 Å². The molecule has 2 rings (SSSR count). The smallest absolute Gasteiger partial charge is 0.191 e. The second-order valence-electron chi connectivity index (χ2n) is 5.77. The van der Waals surface area contributed by atoms with Crippen molar-refractivity contribution in [3.63, 3.8) is 0 Å². The number of guanidine groups is 1. The highest BCUT2D eigenvalue weighted by atomic mass is 15.3. The first-order valence-corrected chi connectivity index (χ1v) is 6.86. The lowest BCUT2D eigenvalue weighted by Crippen LogP contribution is -2.55. The van der Waals surface area contributed by atoms with Gasteiger partial charge in [-0.2, -0.15) is 0 Å². The maximum Gasteiger partial charge on any atom is 0.191 e. The normalized spacial score (nSPS) is 31.8. The van der Waals surface area contributed by atoms with Crippen LogP contribution in [0.3, 0.4) is 0 Å². The fourth-order valence-electron chi connectivity index (χ4n) is 3.21. The van der Waals surface area contributed by atoms with E-state index in [-0.39, 0.29) is 0 Å². The number of hydrogen-bond donors (Lipinski definition) is 1. The summed E-state index contributed by atoms with van der Waals surface area (Å²) in [6.07, 6.45) is 3.91. The lowest BCUT2D eigenvalue weighted by molar-refractivity contribution is 0.0627. The van der Waals surface area contributed by atoms with Crippen molar-refractivity contribution in [2.45, 2.75) is 45.2 Å². The Bertz CT molecular complexity index is 287. The van der Waals surface area contributed by atoms with Crippen LogP contribution >= 0.6 is 0 Å². The first-order chi connectivity index (χ1) is 8.08. The van der Waals surface area contributed by atoms with Gasteiger partial charge in [0.25, 0.3) is 0 Å². The Morgan fingerprint density at radius 3 is 2.76 bits per heavy atom. The molecule has 17 heavy (non-hydrogen) atoms. The minimum atomic E-state index is 0.293. The molecule has 0 aromatic rings. The van der Waals surface area contributed by atoms with Crippen LogP contribution in [0.5, 0.6) is 0 Å². The summed E-state index contributed by atoms with van der Waals surface area (Å²) in [4.78, 5) is 9.27. The van der Waals surface area contributed by atoms with Crippen LogP contribution in [-0.4, -0.2) is 54.5 Å². The molecule has 4 heteroatoms. The number of piperidine rings is 2. The Balaban J connectivity index is 1.98. The Labute approximate surface area is 105 Å². The van der Waals surface area contributed by atoms with E-state index < -0.39 is 0 Å². The van der Waals surface area contributed by atoms with Crippen molar-refractivity contribution in [3.8, 4) is 0 Å². The molecule has 0 spiro atoms. The average Bonchev–Trinajstić information content (AvgIpc) is 2.28. The van der Waals surface area contributed by atoms with E-state index in [2.05, 4.69) is 35.7 Å². The van der Waals surface area contributed by atoms with Gasteiger partial charge < -0.3 is 15.5 Å². The Hall–Kier alpha value is -0.770. The van der Waals surface area contributed by atoms with Crippen LogP contribution in [0, 0.1) is 5.92 Å². The largest absolute Gasteiger partial charge is 0.370 e. The number of aliphatic imine (C=N–C) groups is 1. The molecule has 4 nitrogen and oxygen atoms in total. The lowest BCUT2D eigenvalue weighted by Gasteiger charge is -2.46. The number of rotatable bonds is 1. The van der Waals surface area contributed by atoms with Crippen molar-refractivity contribution in [2.24, 2.45) is 16.6 Å². The minimum absolute atomic E-state index is 0.293. The molecule has 2 fully saturated rings. The number of likely N-dealkylation sites (tertiary alicyclic amines) is 2. The first-order valence-electron chi connectivity index (χ1n) is 6.86. The van der Waals surface area contributed by atoms with E-state index in [1.165, 1.54) is 25.8 Å². The standard InChI is InChI=1S/C13H26N4/c1-10(2)15-13(14)17-8-6-12-11(9-17)5-4-7-16(12)3/h10-12H,4-9H2,1-3H3,(H2,14,15). The third-order valence-corrected chi connectivity index (χ3v) is 4.06. The van der Waals surface area contributed by atoms with Crippen LogP contribution in [0.25, 0.3) is 0 Å². The maximum atomic E-state index is 6.07. The highest BCUT2D eigenvalue weighted by Crippen LogP contribution is 2.29. The Morgan fingerprint density at radius 1 is 1.29 bits per heavy atom. The molecule has 2 N–H and O–H groups in total. The second-order valence-corrected chi connectivity index (χ2v) is 5.77. The molecule has 2 unspecified atom stereocenters. The van der Waals surface area contributed by atoms with Gasteiger partial charge in [-0.3, -0.25) is 4.99 Å². The van der Waals surface area contributed by atoms with E-state index in [0.29, 0.717) is 6.04 Å². The van der Waals surface area contributed by atoms with Crippen LogP contribution in [-0.2, 0) is 0 Å². The van der Waals surface area contributed by atoms with Gasteiger partial charge >= 0.3 is 0 Å². The summed E-state index contributed by atoms with van der Waals surface area (Å²) < 4.78 is 0. The van der Waals surface area contributed by atoms with Crippen LogP contribution in [0.1, 0.15) is 33.1 Å². The molecule has 0 amide bonds. The lowest BCUT2D eigenvalue weighted by atomic mass is 9.84. The number of nitrogens with zero attached hydrogens (tertiary/aromatic N) is 3. The molecule has 0 aromatic heterocycles. The molecule has 2 aliphatic heterocycles. The third kappa shape index (κ3) is 2.92. The van der Waals surface area contributed by atoms with E-state index in [1.807, 2.05) is 0 Å². The fourth-order valence-corrected chi connectivity index (χ4v) is 3.21. The van der Waals surface area contributed by atoms with Crippen molar-refractivity contribution in [1.29, 1.82) is 0 Å². The summed E-state index contributed by atoms with van der Waals surface area (Å²) >= 11 is 0. The summed E-state index contributed by atoms with van der Waals surface area (Å²) in [5.41, 5.74) is 6.07. The van der Waals surface area contributed by atoms with Gasteiger partial charge in [-0.1, -0.05) is 0 Å². The van der Waals surface area contributed by atoms with Gasteiger partial charge in [0, 0.05) is 25.2 Å². The van der Waals surface area contributed by atoms with E-state index >= 15 is 0 Å². The highest BCUT2D eigenvalue weighted by Gasteiger charge is 2.34. The molecular weight excluding hydrogens is 212 g/mol.